The van der Waals surface area contributed by atoms with E-state index in [9.17, 15) is 4.79 Å². The van der Waals surface area contributed by atoms with Crippen LogP contribution in [0.25, 0.3) is 0 Å². The number of nitrogens with zero attached hydrogens (tertiary/aromatic N) is 1. The van der Waals surface area contributed by atoms with Crippen LogP contribution in [0.4, 0.5) is 5.69 Å². The van der Waals surface area contributed by atoms with Crippen LogP contribution in [0, 0.1) is 12.8 Å². The summed E-state index contributed by atoms with van der Waals surface area (Å²) in [5.41, 5.74) is 2.77. The van der Waals surface area contributed by atoms with Gasteiger partial charge in [0.25, 0.3) is 0 Å². The second kappa shape index (κ2) is 7.39. The maximum Gasteiger partial charge on any atom is 0.338 e. The summed E-state index contributed by atoms with van der Waals surface area (Å²) in [7, 11) is 1.61. The van der Waals surface area contributed by atoms with E-state index in [1.165, 1.54) is 5.69 Å². The average molecular weight is 325 g/mol. The standard InChI is InChI=1S/C20H23NO3/c1-15-8-9-17(12-19(15)23-2)20(22)24-14-16-10-11-21(13-16)18-6-4-3-5-7-18/h3-9,12,16H,10-11,13-14H2,1-2H3. The molecule has 1 aliphatic heterocycles. The summed E-state index contributed by atoms with van der Waals surface area (Å²) in [6, 6.07) is 15.8. The number of ether oxygens (including phenoxy) is 2. The van der Waals surface area contributed by atoms with Gasteiger partial charge < -0.3 is 14.4 Å². The molecule has 1 atom stereocenters. The van der Waals surface area contributed by atoms with Crippen molar-refractivity contribution in [3.05, 3.63) is 59.7 Å². The van der Waals surface area contributed by atoms with Crippen LogP contribution in [-0.2, 0) is 4.74 Å². The summed E-state index contributed by atoms with van der Waals surface area (Å²) < 4.78 is 10.8. The van der Waals surface area contributed by atoms with Gasteiger partial charge in [-0.25, -0.2) is 4.79 Å². The highest BCUT2D eigenvalue weighted by Gasteiger charge is 2.24. The monoisotopic (exact) mass is 325 g/mol. The quantitative estimate of drug-likeness (QED) is 0.786. The Labute approximate surface area is 143 Å². The highest BCUT2D eigenvalue weighted by Crippen LogP contribution is 2.24. The number of carbonyl (C=O) groups excluding carboxylic acids is 1. The third-order valence-electron chi connectivity index (χ3n) is 4.50. The average Bonchev–Trinajstić information content (AvgIpc) is 3.10. The lowest BCUT2D eigenvalue weighted by Crippen LogP contribution is -2.21. The van der Waals surface area contributed by atoms with Crippen LogP contribution in [0.1, 0.15) is 22.3 Å². The molecule has 1 unspecified atom stereocenters. The van der Waals surface area contributed by atoms with Gasteiger partial charge in [0, 0.05) is 24.7 Å². The SMILES string of the molecule is COc1cc(C(=O)OCC2CCN(c3ccccc3)C2)ccc1C. The van der Waals surface area contributed by atoms with Crippen LogP contribution in [0.5, 0.6) is 5.75 Å². The van der Waals surface area contributed by atoms with Crippen LogP contribution in [0.3, 0.4) is 0 Å². The van der Waals surface area contributed by atoms with Gasteiger partial charge in [0.15, 0.2) is 0 Å². The van der Waals surface area contributed by atoms with Gasteiger partial charge in [-0.2, -0.15) is 0 Å². The fraction of sp³-hybridized carbons (Fsp3) is 0.350. The maximum atomic E-state index is 12.2. The Bertz CT molecular complexity index is 699. The highest BCUT2D eigenvalue weighted by molar-refractivity contribution is 5.90. The van der Waals surface area contributed by atoms with Gasteiger partial charge >= 0.3 is 5.97 Å². The number of aryl methyl sites for hydroxylation is 1. The number of carbonyl (C=O) groups is 1. The first-order valence-corrected chi connectivity index (χ1v) is 8.29. The van der Waals surface area contributed by atoms with Crippen molar-refractivity contribution in [3.8, 4) is 5.75 Å². The van der Waals surface area contributed by atoms with Crippen molar-refractivity contribution in [1.29, 1.82) is 0 Å². The van der Waals surface area contributed by atoms with Gasteiger partial charge in [0.05, 0.1) is 19.3 Å². The number of methoxy groups -OCH3 is 1. The molecule has 3 rings (SSSR count). The Hall–Kier alpha value is -2.49. The summed E-state index contributed by atoms with van der Waals surface area (Å²) in [6.07, 6.45) is 1.04. The molecule has 0 saturated carbocycles. The van der Waals surface area contributed by atoms with Crippen LogP contribution in [-0.4, -0.2) is 32.8 Å². The van der Waals surface area contributed by atoms with Gasteiger partial charge in [-0.05, 0) is 43.2 Å². The molecule has 2 aromatic rings. The smallest absolute Gasteiger partial charge is 0.338 e. The van der Waals surface area contributed by atoms with E-state index in [1.807, 2.05) is 31.2 Å². The van der Waals surface area contributed by atoms with Crippen molar-refractivity contribution in [2.75, 3.05) is 31.7 Å². The normalized spacial score (nSPS) is 16.9. The van der Waals surface area contributed by atoms with Crippen molar-refractivity contribution in [3.63, 3.8) is 0 Å². The summed E-state index contributed by atoms with van der Waals surface area (Å²) in [4.78, 5) is 14.6. The van der Waals surface area contributed by atoms with Gasteiger partial charge in [-0.1, -0.05) is 24.3 Å². The molecule has 0 spiro atoms. The van der Waals surface area contributed by atoms with E-state index in [1.54, 1.807) is 19.2 Å². The molecule has 0 aliphatic carbocycles. The summed E-state index contributed by atoms with van der Waals surface area (Å²) >= 11 is 0. The maximum absolute atomic E-state index is 12.2. The third kappa shape index (κ3) is 3.70. The molecular weight excluding hydrogens is 302 g/mol. The molecule has 0 bridgehead atoms. The fourth-order valence-electron chi connectivity index (χ4n) is 3.07. The molecule has 1 fully saturated rings. The molecule has 0 aromatic heterocycles. The van der Waals surface area contributed by atoms with E-state index in [-0.39, 0.29) is 5.97 Å². The predicted octanol–water partition coefficient (Wildman–Crippen LogP) is 3.69. The molecule has 4 nitrogen and oxygen atoms in total. The predicted molar refractivity (Wildman–Crippen MR) is 94.8 cm³/mol. The molecule has 0 amide bonds. The lowest BCUT2D eigenvalue weighted by atomic mass is 10.1. The summed E-state index contributed by atoms with van der Waals surface area (Å²) in [5, 5.41) is 0. The minimum Gasteiger partial charge on any atom is -0.496 e. The van der Waals surface area contributed by atoms with Crippen molar-refractivity contribution in [2.45, 2.75) is 13.3 Å². The zero-order chi connectivity index (χ0) is 16.9. The first kappa shape index (κ1) is 16.4. The molecule has 24 heavy (non-hydrogen) atoms. The molecule has 1 heterocycles. The topological polar surface area (TPSA) is 38.8 Å². The first-order chi connectivity index (χ1) is 11.7. The minimum absolute atomic E-state index is 0.286. The second-order valence-electron chi connectivity index (χ2n) is 6.22. The first-order valence-electron chi connectivity index (χ1n) is 8.29. The lowest BCUT2D eigenvalue weighted by Gasteiger charge is -2.18. The number of rotatable bonds is 5. The number of hydrogen-bond acceptors (Lipinski definition) is 4. The molecule has 1 aliphatic rings. The van der Waals surface area contributed by atoms with E-state index < -0.39 is 0 Å². The van der Waals surface area contributed by atoms with Crippen LogP contribution >= 0.6 is 0 Å². The molecule has 0 radical (unpaired) electrons. The number of anilines is 1. The molecule has 4 heteroatoms. The summed E-state index contributed by atoms with van der Waals surface area (Å²) in [5.74, 6) is 0.800. The second-order valence-corrected chi connectivity index (χ2v) is 6.22. The van der Waals surface area contributed by atoms with Crippen molar-refractivity contribution in [1.82, 2.24) is 0 Å². The number of hydrogen-bond donors (Lipinski definition) is 0. The van der Waals surface area contributed by atoms with Crippen molar-refractivity contribution in [2.24, 2.45) is 5.92 Å². The number of para-hydroxylation sites is 1. The minimum atomic E-state index is -0.286. The largest absolute Gasteiger partial charge is 0.496 e. The summed E-state index contributed by atoms with van der Waals surface area (Å²) in [6.45, 7) is 4.34. The van der Waals surface area contributed by atoms with E-state index in [0.717, 1.165) is 25.1 Å². The van der Waals surface area contributed by atoms with Crippen LogP contribution in [0.2, 0.25) is 0 Å². The van der Waals surface area contributed by atoms with Crippen LogP contribution in [0.15, 0.2) is 48.5 Å². The third-order valence-corrected chi connectivity index (χ3v) is 4.50. The van der Waals surface area contributed by atoms with Gasteiger partial charge in [0.2, 0.25) is 0 Å². The Kier molecular flexibility index (Phi) is 5.04. The van der Waals surface area contributed by atoms with Crippen molar-refractivity contribution >= 4 is 11.7 Å². The zero-order valence-corrected chi connectivity index (χ0v) is 14.2. The highest BCUT2D eigenvalue weighted by atomic mass is 16.5. The van der Waals surface area contributed by atoms with Gasteiger partial charge in [0.1, 0.15) is 5.75 Å². The number of benzene rings is 2. The Morgan fingerprint density at radius 1 is 1.21 bits per heavy atom. The van der Waals surface area contributed by atoms with Crippen LogP contribution < -0.4 is 9.64 Å². The van der Waals surface area contributed by atoms with E-state index in [4.69, 9.17) is 9.47 Å². The van der Waals surface area contributed by atoms with Gasteiger partial charge in [-0.3, -0.25) is 0 Å². The molecule has 2 aromatic carbocycles. The number of esters is 1. The molecule has 0 N–H and O–H groups in total. The van der Waals surface area contributed by atoms with E-state index in [0.29, 0.717) is 23.8 Å². The Morgan fingerprint density at radius 2 is 2.00 bits per heavy atom. The zero-order valence-electron chi connectivity index (χ0n) is 14.2. The fourth-order valence-corrected chi connectivity index (χ4v) is 3.07. The Balaban J connectivity index is 1.54. The molecule has 126 valence electrons. The molecule has 1 saturated heterocycles. The molecular formula is C20H23NO3. The lowest BCUT2D eigenvalue weighted by molar-refractivity contribution is 0.0450. The van der Waals surface area contributed by atoms with Crippen molar-refractivity contribution < 1.29 is 14.3 Å². The van der Waals surface area contributed by atoms with E-state index >= 15 is 0 Å². The van der Waals surface area contributed by atoms with E-state index in [2.05, 4.69) is 17.0 Å². The van der Waals surface area contributed by atoms with Gasteiger partial charge in [-0.15, -0.1) is 0 Å². The Morgan fingerprint density at radius 3 is 2.75 bits per heavy atom.